The second-order valence-electron chi connectivity index (χ2n) is 10.9. The van der Waals surface area contributed by atoms with Crippen LogP contribution >= 0.6 is 0 Å². The second kappa shape index (κ2) is 10.3. The molecule has 1 fully saturated rings. The number of ether oxygens (including phenoxy) is 2. The van der Waals surface area contributed by atoms with Crippen LogP contribution < -0.4 is 0 Å². The van der Waals surface area contributed by atoms with Gasteiger partial charge in [0.15, 0.2) is 5.78 Å². The Labute approximate surface area is 204 Å². The van der Waals surface area contributed by atoms with Crippen molar-refractivity contribution in [2.24, 2.45) is 12.5 Å². The molecule has 6 nitrogen and oxygen atoms in total. The topological polar surface area (TPSA) is 60.8 Å². The summed E-state index contributed by atoms with van der Waals surface area (Å²) in [5, 5.41) is 0. The van der Waals surface area contributed by atoms with Gasteiger partial charge in [-0.15, -0.1) is 0 Å². The average Bonchev–Trinajstić information content (AvgIpc) is 3.33. The van der Waals surface area contributed by atoms with Gasteiger partial charge in [0.2, 0.25) is 0 Å². The first-order chi connectivity index (χ1) is 16.0. The highest BCUT2D eigenvalue weighted by Crippen LogP contribution is 2.39. The van der Waals surface area contributed by atoms with Crippen LogP contribution in [-0.2, 0) is 29.4 Å². The molecule has 1 saturated heterocycles. The molecule has 0 aliphatic carbocycles. The smallest absolute Gasteiger partial charge is 0.412 e. The normalized spacial score (nSPS) is 20.6. The van der Waals surface area contributed by atoms with Crippen molar-refractivity contribution >= 4 is 11.9 Å². The summed E-state index contributed by atoms with van der Waals surface area (Å²) in [4.78, 5) is 27.3. The van der Waals surface area contributed by atoms with E-state index in [0.717, 1.165) is 30.7 Å². The third-order valence-electron chi connectivity index (χ3n) is 6.90. The fraction of sp³-hybridized carbons (Fsp3) is 0.571. The maximum absolute atomic E-state index is 12.9. The van der Waals surface area contributed by atoms with E-state index in [1.54, 1.807) is 4.90 Å². The molecule has 1 amide bonds. The van der Waals surface area contributed by atoms with Crippen LogP contribution in [0.4, 0.5) is 4.79 Å². The number of ketones is 1. The minimum absolute atomic E-state index is 0.167. The fourth-order valence-electron chi connectivity index (χ4n) is 4.75. The minimum atomic E-state index is -0.479. The maximum Gasteiger partial charge on any atom is 0.412 e. The Kier molecular flexibility index (Phi) is 7.91. The molecule has 0 N–H and O–H groups in total. The molecule has 2 heterocycles. The highest BCUT2D eigenvalue weighted by molar-refractivity contribution is 5.94. The molecule has 6 heteroatoms. The zero-order valence-corrected chi connectivity index (χ0v) is 21.8. The number of amides is 1. The van der Waals surface area contributed by atoms with Gasteiger partial charge in [0.05, 0.1) is 24.9 Å². The third-order valence-corrected chi connectivity index (χ3v) is 6.90. The van der Waals surface area contributed by atoms with Crippen molar-refractivity contribution in [1.29, 1.82) is 0 Å². The zero-order chi connectivity index (χ0) is 25.1. The van der Waals surface area contributed by atoms with E-state index in [1.165, 1.54) is 18.2 Å². The highest BCUT2D eigenvalue weighted by Gasteiger charge is 2.51. The van der Waals surface area contributed by atoms with Gasteiger partial charge in [-0.1, -0.05) is 50.6 Å². The van der Waals surface area contributed by atoms with Crippen LogP contribution in [0.25, 0.3) is 0 Å². The van der Waals surface area contributed by atoms with Crippen molar-refractivity contribution in [1.82, 2.24) is 9.47 Å². The first kappa shape index (κ1) is 26.0. The number of methoxy groups -OCH3 is 1. The van der Waals surface area contributed by atoms with Crippen LogP contribution in [0.1, 0.15) is 74.3 Å². The number of hydrogen-bond acceptors (Lipinski definition) is 4. The predicted molar refractivity (Wildman–Crippen MR) is 134 cm³/mol. The number of hydrogen-bond donors (Lipinski definition) is 0. The van der Waals surface area contributed by atoms with Gasteiger partial charge in [0.1, 0.15) is 6.23 Å². The Morgan fingerprint density at radius 2 is 1.79 bits per heavy atom. The van der Waals surface area contributed by atoms with Gasteiger partial charge in [-0.3, -0.25) is 9.69 Å². The molecule has 186 valence electrons. The SMILES string of the molecule is COC(=O)N1[C@@H](C(C)(C)C)OC[C@@]1(C)CCc1ccc(C(=O)CCCc2ccc(C)cc2)n1C. The summed E-state index contributed by atoms with van der Waals surface area (Å²) in [6.07, 6.45) is 3.01. The minimum Gasteiger partial charge on any atom is -0.453 e. The first-order valence-electron chi connectivity index (χ1n) is 12.2. The van der Waals surface area contributed by atoms with Crippen LogP contribution in [0.15, 0.2) is 36.4 Å². The van der Waals surface area contributed by atoms with Gasteiger partial charge < -0.3 is 14.0 Å². The molecular weight excluding hydrogens is 428 g/mol. The summed E-state index contributed by atoms with van der Waals surface area (Å²) in [6, 6.07) is 12.4. The number of aromatic nitrogens is 1. The molecular formula is C28H40N2O4. The number of nitrogens with zero attached hydrogens (tertiary/aromatic N) is 2. The summed E-state index contributed by atoms with van der Waals surface area (Å²) < 4.78 is 13.2. The Morgan fingerprint density at radius 1 is 1.12 bits per heavy atom. The molecule has 0 spiro atoms. The lowest BCUT2D eigenvalue weighted by Gasteiger charge is -2.39. The van der Waals surface area contributed by atoms with Gasteiger partial charge in [0.25, 0.3) is 0 Å². The summed E-state index contributed by atoms with van der Waals surface area (Å²) in [5.74, 6) is 0.167. The molecule has 2 aromatic rings. The number of rotatable bonds is 8. The quantitative estimate of drug-likeness (QED) is 0.466. The highest BCUT2D eigenvalue weighted by atomic mass is 16.6. The fourth-order valence-corrected chi connectivity index (χ4v) is 4.75. The molecule has 0 saturated carbocycles. The first-order valence-corrected chi connectivity index (χ1v) is 12.2. The monoisotopic (exact) mass is 468 g/mol. The Balaban J connectivity index is 1.62. The van der Waals surface area contributed by atoms with Crippen LogP contribution in [0.5, 0.6) is 0 Å². The van der Waals surface area contributed by atoms with Crippen molar-refractivity contribution < 1.29 is 19.1 Å². The molecule has 1 aliphatic heterocycles. The van der Waals surface area contributed by atoms with Gasteiger partial charge in [-0.2, -0.15) is 0 Å². The number of benzene rings is 1. The number of Topliss-reactive ketones (excluding diaryl/α,β-unsaturated/α-hetero) is 1. The van der Waals surface area contributed by atoms with E-state index in [9.17, 15) is 9.59 Å². The van der Waals surface area contributed by atoms with Crippen LogP contribution in [-0.4, -0.2) is 46.8 Å². The van der Waals surface area contributed by atoms with Gasteiger partial charge in [-0.05, 0) is 57.2 Å². The molecule has 0 bridgehead atoms. The number of aryl methyl sites for hydroxylation is 3. The van der Waals surface area contributed by atoms with E-state index in [2.05, 4.69) is 58.9 Å². The van der Waals surface area contributed by atoms with Crippen molar-refractivity contribution in [3.8, 4) is 0 Å². The largest absolute Gasteiger partial charge is 0.453 e. The second-order valence-corrected chi connectivity index (χ2v) is 10.9. The summed E-state index contributed by atoms with van der Waals surface area (Å²) in [7, 11) is 3.36. The average molecular weight is 469 g/mol. The molecule has 1 aromatic heterocycles. The lowest BCUT2D eigenvalue weighted by Crippen LogP contribution is -2.53. The van der Waals surface area contributed by atoms with E-state index >= 15 is 0 Å². The van der Waals surface area contributed by atoms with Crippen LogP contribution in [0.2, 0.25) is 0 Å². The van der Waals surface area contributed by atoms with Crippen LogP contribution in [0.3, 0.4) is 0 Å². The van der Waals surface area contributed by atoms with Gasteiger partial charge >= 0.3 is 6.09 Å². The van der Waals surface area contributed by atoms with Crippen LogP contribution in [0, 0.1) is 12.3 Å². The lowest BCUT2D eigenvalue weighted by molar-refractivity contribution is -0.0463. The van der Waals surface area contributed by atoms with E-state index in [0.29, 0.717) is 19.4 Å². The molecule has 1 aromatic carbocycles. The van der Waals surface area contributed by atoms with E-state index in [1.807, 2.05) is 23.7 Å². The summed E-state index contributed by atoms with van der Waals surface area (Å²) in [5.41, 5.74) is 3.62. The summed E-state index contributed by atoms with van der Waals surface area (Å²) >= 11 is 0. The van der Waals surface area contributed by atoms with E-state index in [4.69, 9.17) is 9.47 Å². The maximum atomic E-state index is 12.9. The molecule has 0 radical (unpaired) electrons. The lowest BCUT2D eigenvalue weighted by atomic mass is 9.89. The molecule has 3 rings (SSSR count). The van der Waals surface area contributed by atoms with Crippen molar-refractivity contribution in [2.45, 2.75) is 78.5 Å². The predicted octanol–water partition coefficient (Wildman–Crippen LogP) is 5.70. The van der Waals surface area contributed by atoms with Crippen molar-refractivity contribution in [2.75, 3.05) is 13.7 Å². The van der Waals surface area contributed by atoms with E-state index < -0.39 is 5.54 Å². The third kappa shape index (κ3) is 5.72. The molecule has 1 aliphatic rings. The Morgan fingerprint density at radius 3 is 2.41 bits per heavy atom. The summed E-state index contributed by atoms with van der Waals surface area (Å²) in [6.45, 7) is 10.8. The van der Waals surface area contributed by atoms with Gasteiger partial charge in [-0.25, -0.2) is 4.79 Å². The van der Waals surface area contributed by atoms with Crippen molar-refractivity contribution in [3.63, 3.8) is 0 Å². The van der Waals surface area contributed by atoms with Gasteiger partial charge in [0, 0.05) is 24.6 Å². The Hall–Kier alpha value is -2.60. The van der Waals surface area contributed by atoms with Crippen molar-refractivity contribution in [3.05, 3.63) is 58.9 Å². The molecule has 0 unspecified atom stereocenters. The zero-order valence-electron chi connectivity index (χ0n) is 21.8. The Bertz CT molecular complexity index is 1000. The number of carbonyl (C=O) groups excluding carboxylic acids is 2. The standard InChI is InChI=1S/C28H40N2O4/c1-20-11-13-21(14-12-20)9-8-10-24(31)23-16-15-22(29(23)6)17-18-28(5)19-34-25(27(2,3)4)30(28)26(32)33-7/h11-16,25H,8-10,17-19H2,1-7H3/t25-,28-/m1/s1. The number of carbonyl (C=O) groups is 2. The molecule has 34 heavy (non-hydrogen) atoms. The molecule has 2 atom stereocenters. The van der Waals surface area contributed by atoms with E-state index in [-0.39, 0.29) is 23.5 Å².